The van der Waals surface area contributed by atoms with E-state index in [1.54, 1.807) is 0 Å². The van der Waals surface area contributed by atoms with E-state index in [0.29, 0.717) is 0 Å². The fourth-order valence-corrected chi connectivity index (χ4v) is 0. The predicted molar refractivity (Wildman–Crippen MR) is 19.9 cm³/mol. The first-order valence-electron chi connectivity index (χ1n) is 1.50. The molecule has 32 valence electrons. The molecule has 0 N–H and O–H groups in total. The zero-order valence-corrected chi connectivity index (χ0v) is 4.92. The molecule has 0 fully saturated rings. The van der Waals surface area contributed by atoms with Crippen LogP contribution in [0.4, 0.5) is 0 Å². The molecule has 0 aliphatic carbocycles. The smallest absolute Gasteiger partial charge is 0.346 e. The third kappa shape index (κ3) is 12.1. The molecular weight excluding hydrogens is 149 g/mol. The van der Waals surface area contributed by atoms with E-state index in [4.69, 9.17) is 0 Å². The molecule has 0 heterocycles. The van der Waals surface area contributed by atoms with Gasteiger partial charge in [-0.05, 0) is 0 Å². The third-order valence-electron chi connectivity index (χ3n) is 0.250. The van der Waals surface area contributed by atoms with Crippen molar-refractivity contribution in [3.8, 4) is 0 Å². The van der Waals surface area contributed by atoms with Crippen molar-refractivity contribution in [1.82, 2.24) is 0 Å². The van der Waals surface area contributed by atoms with Crippen LogP contribution in [0.2, 0.25) is 0 Å². The summed E-state index contributed by atoms with van der Waals surface area (Å²) in [4.78, 5) is 0. The Kier molecular flexibility index (Phi) is 16.2. The van der Waals surface area contributed by atoms with Gasteiger partial charge in [-0.3, -0.25) is 0 Å². The Morgan fingerprint density at radius 1 is 1.00 bits per heavy atom. The molecule has 0 aromatic rings. The summed E-state index contributed by atoms with van der Waals surface area (Å²) in [5, 5.41) is 0. The van der Waals surface area contributed by atoms with E-state index in [-0.39, 0.29) is 19.5 Å². The zero-order chi connectivity index (χ0) is 3.41. The van der Waals surface area contributed by atoms with Gasteiger partial charge >= 0.3 is 19.5 Å². The molecule has 0 unspecified atom stereocenters. The summed E-state index contributed by atoms with van der Waals surface area (Å²) in [6.07, 6.45) is 1.92. The van der Waals surface area contributed by atoms with Crippen LogP contribution in [-0.4, -0.2) is 0 Å². The van der Waals surface area contributed by atoms with Crippen molar-refractivity contribution >= 4 is 0 Å². The van der Waals surface area contributed by atoms with Crippen molar-refractivity contribution < 1.29 is 19.5 Å². The SMILES string of the molecule is [CH2-]CC[CH2-].[Ru+2]. The molecule has 0 aliphatic rings. The maximum atomic E-state index is 3.54. The molecule has 0 spiro atoms. The molecule has 0 saturated carbocycles. The van der Waals surface area contributed by atoms with Crippen LogP contribution in [0.25, 0.3) is 0 Å². The summed E-state index contributed by atoms with van der Waals surface area (Å²) in [5.74, 6) is 0. The topological polar surface area (TPSA) is 0 Å². The van der Waals surface area contributed by atoms with Gasteiger partial charge in [0.2, 0.25) is 0 Å². The second kappa shape index (κ2) is 8.82. The van der Waals surface area contributed by atoms with Crippen LogP contribution >= 0.6 is 0 Å². The largest absolute Gasteiger partial charge is 2.00 e. The van der Waals surface area contributed by atoms with E-state index in [2.05, 4.69) is 13.8 Å². The standard InChI is InChI=1S/C4H8.Ru/c1-3-4-2;/h1-4H2;/q-2;+2. The number of rotatable bonds is 1. The van der Waals surface area contributed by atoms with Gasteiger partial charge in [-0.15, -0.1) is 0 Å². The van der Waals surface area contributed by atoms with Crippen LogP contribution in [0, 0.1) is 13.8 Å². The molecule has 0 atom stereocenters. The summed E-state index contributed by atoms with van der Waals surface area (Å²) in [6.45, 7) is 7.08. The maximum Gasteiger partial charge on any atom is 2.00 e. The molecule has 0 saturated heterocycles. The zero-order valence-electron chi connectivity index (χ0n) is 3.18. The first-order chi connectivity index (χ1) is 1.91. The maximum absolute atomic E-state index is 3.54. The van der Waals surface area contributed by atoms with E-state index in [0.717, 1.165) is 12.8 Å². The Morgan fingerprint density at radius 3 is 1.20 bits per heavy atom. The average Bonchev–Trinajstić information content (AvgIpc) is 1.37. The molecule has 0 nitrogen and oxygen atoms in total. The van der Waals surface area contributed by atoms with Gasteiger partial charge in [-0.1, -0.05) is 0 Å². The quantitative estimate of drug-likeness (QED) is 0.399. The van der Waals surface area contributed by atoms with E-state index < -0.39 is 0 Å². The van der Waals surface area contributed by atoms with Gasteiger partial charge in [0, 0.05) is 0 Å². The number of hydrogen-bond acceptors (Lipinski definition) is 0. The Morgan fingerprint density at radius 2 is 1.20 bits per heavy atom. The van der Waals surface area contributed by atoms with E-state index in [1.165, 1.54) is 0 Å². The first kappa shape index (κ1) is 9.16. The van der Waals surface area contributed by atoms with Crippen molar-refractivity contribution in [3.63, 3.8) is 0 Å². The van der Waals surface area contributed by atoms with Gasteiger partial charge in [0.25, 0.3) is 0 Å². The summed E-state index contributed by atoms with van der Waals surface area (Å²) in [5.41, 5.74) is 0. The van der Waals surface area contributed by atoms with Gasteiger partial charge in [0.1, 0.15) is 0 Å². The Bertz CT molecular complexity index is 5.61. The van der Waals surface area contributed by atoms with Gasteiger partial charge in [0.15, 0.2) is 0 Å². The van der Waals surface area contributed by atoms with Gasteiger partial charge in [0.05, 0.1) is 0 Å². The molecule has 0 amide bonds. The molecule has 0 rings (SSSR count). The fraction of sp³-hybridized carbons (Fsp3) is 0.500. The second-order valence-electron chi connectivity index (χ2n) is 0.707. The van der Waals surface area contributed by atoms with Crippen molar-refractivity contribution in [2.45, 2.75) is 12.8 Å². The molecule has 0 radical (unpaired) electrons. The van der Waals surface area contributed by atoms with Crippen LogP contribution in [0.3, 0.4) is 0 Å². The van der Waals surface area contributed by atoms with E-state index in [9.17, 15) is 0 Å². The van der Waals surface area contributed by atoms with Crippen molar-refractivity contribution in [2.24, 2.45) is 0 Å². The molecular formula is C4H8Ru. The van der Waals surface area contributed by atoms with E-state index >= 15 is 0 Å². The van der Waals surface area contributed by atoms with Crippen LogP contribution < -0.4 is 0 Å². The molecule has 5 heavy (non-hydrogen) atoms. The Labute approximate surface area is 46.7 Å². The van der Waals surface area contributed by atoms with Gasteiger partial charge in [-0.2, -0.15) is 0 Å². The summed E-state index contributed by atoms with van der Waals surface area (Å²) >= 11 is 0. The van der Waals surface area contributed by atoms with Crippen LogP contribution in [0.5, 0.6) is 0 Å². The second-order valence-corrected chi connectivity index (χ2v) is 0.707. The minimum absolute atomic E-state index is 0. The normalized spacial score (nSPS) is 6.00. The summed E-state index contributed by atoms with van der Waals surface area (Å²) in [6, 6.07) is 0. The minimum Gasteiger partial charge on any atom is -0.346 e. The van der Waals surface area contributed by atoms with Crippen LogP contribution in [0.15, 0.2) is 0 Å². The van der Waals surface area contributed by atoms with Crippen molar-refractivity contribution in [2.75, 3.05) is 0 Å². The van der Waals surface area contributed by atoms with Crippen molar-refractivity contribution in [1.29, 1.82) is 0 Å². The minimum atomic E-state index is 0. The first-order valence-corrected chi connectivity index (χ1v) is 1.50. The molecule has 0 aromatic heterocycles. The number of hydrogen-bond donors (Lipinski definition) is 0. The Hall–Kier alpha value is 0.623. The molecule has 1 heteroatoms. The predicted octanol–water partition coefficient (Wildman–Crippen LogP) is 1.43. The van der Waals surface area contributed by atoms with Gasteiger partial charge < -0.3 is 13.8 Å². The van der Waals surface area contributed by atoms with Gasteiger partial charge in [-0.25, -0.2) is 12.8 Å². The Balaban J connectivity index is 0. The molecule has 0 aromatic carbocycles. The molecule has 0 bridgehead atoms. The third-order valence-corrected chi connectivity index (χ3v) is 0.250. The van der Waals surface area contributed by atoms with Crippen LogP contribution in [-0.2, 0) is 19.5 Å². The fourth-order valence-electron chi connectivity index (χ4n) is 0. The number of unbranched alkanes of at least 4 members (excludes halogenated alkanes) is 1. The monoisotopic (exact) mass is 158 g/mol. The molecule has 0 aliphatic heterocycles. The average molecular weight is 157 g/mol. The van der Waals surface area contributed by atoms with E-state index in [1.807, 2.05) is 0 Å². The summed E-state index contributed by atoms with van der Waals surface area (Å²) in [7, 11) is 0. The van der Waals surface area contributed by atoms with Crippen LogP contribution in [0.1, 0.15) is 12.8 Å². The van der Waals surface area contributed by atoms with Crippen molar-refractivity contribution in [3.05, 3.63) is 13.8 Å². The summed E-state index contributed by atoms with van der Waals surface area (Å²) < 4.78 is 0.